The van der Waals surface area contributed by atoms with Crippen molar-refractivity contribution in [3.05, 3.63) is 12.2 Å². The van der Waals surface area contributed by atoms with Gasteiger partial charge in [-0.05, 0) is 25.7 Å². The molecule has 0 radical (unpaired) electrons. The van der Waals surface area contributed by atoms with Crippen LogP contribution in [0.15, 0.2) is 12.2 Å². The van der Waals surface area contributed by atoms with Crippen LogP contribution in [0.1, 0.15) is 59.3 Å². The highest BCUT2D eigenvalue weighted by molar-refractivity contribution is 5.86. The first-order valence-corrected chi connectivity index (χ1v) is 6.44. The van der Waals surface area contributed by atoms with Crippen LogP contribution in [0.5, 0.6) is 0 Å². The Kier molecular flexibility index (Phi) is 8.97. The van der Waals surface area contributed by atoms with Gasteiger partial charge in [-0.3, -0.25) is 0 Å². The van der Waals surface area contributed by atoms with Crippen molar-refractivity contribution in [3.63, 3.8) is 0 Å². The van der Waals surface area contributed by atoms with Crippen molar-refractivity contribution < 1.29 is 9.53 Å². The fraction of sp³-hybridized carbons (Fsp3) is 0.786. The van der Waals surface area contributed by atoms with Crippen molar-refractivity contribution in [1.82, 2.24) is 0 Å². The molecule has 0 amide bonds. The second kappa shape index (κ2) is 9.44. The van der Waals surface area contributed by atoms with Crippen LogP contribution in [0.25, 0.3) is 0 Å². The van der Waals surface area contributed by atoms with Gasteiger partial charge < -0.3 is 4.74 Å². The van der Waals surface area contributed by atoms with Crippen LogP contribution < -0.4 is 0 Å². The van der Waals surface area contributed by atoms with Crippen LogP contribution in [-0.2, 0) is 9.53 Å². The summed E-state index contributed by atoms with van der Waals surface area (Å²) in [5.74, 6) is 0.586. The minimum absolute atomic E-state index is 0.263. The zero-order chi connectivity index (χ0) is 12.4. The molecule has 1 atom stereocenters. The second-order valence-corrected chi connectivity index (χ2v) is 4.47. The molecule has 0 heterocycles. The molecule has 0 aromatic carbocycles. The standard InChI is InChI=1S/C14H26O2/c1-5-9-13(6-2)10-7-8-11-16-14(15)12(3)4/h13H,3,5-11H2,1-2,4H3. The number of ether oxygens (including phenoxy) is 1. The number of unbranched alkanes of at least 4 members (excludes halogenated alkanes) is 1. The first kappa shape index (κ1) is 15.2. The Morgan fingerprint density at radius 2 is 1.94 bits per heavy atom. The summed E-state index contributed by atoms with van der Waals surface area (Å²) in [6, 6.07) is 0. The highest BCUT2D eigenvalue weighted by Gasteiger charge is 2.05. The number of hydrogen-bond donors (Lipinski definition) is 0. The molecule has 0 aromatic heterocycles. The Balaban J connectivity index is 3.45. The summed E-state index contributed by atoms with van der Waals surface area (Å²) in [6.45, 7) is 10.2. The third-order valence-corrected chi connectivity index (χ3v) is 2.86. The lowest BCUT2D eigenvalue weighted by Gasteiger charge is -2.13. The second-order valence-electron chi connectivity index (χ2n) is 4.47. The van der Waals surface area contributed by atoms with E-state index in [2.05, 4.69) is 20.4 Å². The zero-order valence-electron chi connectivity index (χ0n) is 11.1. The first-order valence-electron chi connectivity index (χ1n) is 6.44. The molecular weight excluding hydrogens is 200 g/mol. The number of hydrogen-bond acceptors (Lipinski definition) is 2. The molecule has 0 rings (SSSR count). The molecule has 16 heavy (non-hydrogen) atoms. The number of carbonyl (C=O) groups is 1. The van der Waals surface area contributed by atoms with Crippen LogP contribution in [0.2, 0.25) is 0 Å². The maximum Gasteiger partial charge on any atom is 0.333 e. The summed E-state index contributed by atoms with van der Waals surface area (Å²) in [5.41, 5.74) is 0.484. The van der Waals surface area contributed by atoms with Crippen molar-refractivity contribution in [2.75, 3.05) is 6.61 Å². The number of esters is 1. The molecule has 0 saturated carbocycles. The molecule has 1 unspecified atom stereocenters. The lowest BCUT2D eigenvalue weighted by atomic mass is 9.95. The lowest BCUT2D eigenvalue weighted by Crippen LogP contribution is -2.06. The zero-order valence-corrected chi connectivity index (χ0v) is 11.1. The summed E-state index contributed by atoms with van der Waals surface area (Å²) in [5, 5.41) is 0. The van der Waals surface area contributed by atoms with E-state index in [1.54, 1.807) is 6.92 Å². The summed E-state index contributed by atoms with van der Waals surface area (Å²) in [4.78, 5) is 11.1. The van der Waals surface area contributed by atoms with Crippen LogP contribution in [0.3, 0.4) is 0 Å². The third-order valence-electron chi connectivity index (χ3n) is 2.86. The van der Waals surface area contributed by atoms with E-state index in [4.69, 9.17) is 4.74 Å². The van der Waals surface area contributed by atoms with Gasteiger partial charge in [0.1, 0.15) is 0 Å². The predicted molar refractivity (Wildman–Crippen MR) is 68.3 cm³/mol. The maximum absolute atomic E-state index is 11.1. The quantitative estimate of drug-likeness (QED) is 0.336. The van der Waals surface area contributed by atoms with E-state index < -0.39 is 0 Å². The normalized spacial score (nSPS) is 12.2. The van der Waals surface area contributed by atoms with Crippen molar-refractivity contribution in [3.8, 4) is 0 Å². The summed E-state index contributed by atoms with van der Waals surface area (Å²) in [6.07, 6.45) is 7.24. The number of rotatable bonds is 9. The summed E-state index contributed by atoms with van der Waals surface area (Å²) < 4.78 is 5.04. The van der Waals surface area contributed by atoms with Crippen molar-refractivity contribution in [2.24, 2.45) is 5.92 Å². The van der Waals surface area contributed by atoms with Crippen molar-refractivity contribution in [1.29, 1.82) is 0 Å². The van der Waals surface area contributed by atoms with Gasteiger partial charge in [-0.15, -0.1) is 0 Å². The average Bonchev–Trinajstić information content (AvgIpc) is 2.26. The topological polar surface area (TPSA) is 26.3 Å². The molecule has 0 aliphatic rings. The summed E-state index contributed by atoms with van der Waals surface area (Å²) in [7, 11) is 0. The van der Waals surface area contributed by atoms with Crippen LogP contribution in [0, 0.1) is 5.92 Å². The lowest BCUT2D eigenvalue weighted by molar-refractivity contribution is -0.139. The Morgan fingerprint density at radius 1 is 1.25 bits per heavy atom. The van der Waals surface area contributed by atoms with E-state index in [0.29, 0.717) is 12.2 Å². The molecule has 0 aliphatic heterocycles. The molecule has 0 aromatic rings. The Bertz CT molecular complexity index is 209. The minimum Gasteiger partial charge on any atom is -0.462 e. The smallest absolute Gasteiger partial charge is 0.333 e. The summed E-state index contributed by atoms with van der Waals surface area (Å²) >= 11 is 0. The van der Waals surface area contributed by atoms with Gasteiger partial charge in [0.25, 0.3) is 0 Å². The van der Waals surface area contributed by atoms with E-state index in [1.165, 1.54) is 25.7 Å². The molecule has 0 spiro atoms. The van der Waals surface area contributed by atoms with Gasteiger partial charge in [0.15, 0.2) is 0 Å². The Morgan fingerprint density at radius 3 is 2.44 bits per heavy atom. The van der Waals surface area contributed by atoms with Crippen molar-refractivity contribution >= 4 is 5.97 Å². The Labute approximate surface area is 100 Å². The molecule has 2 nitrogen and oxygen atoms in total. The Hall–Kier alpha value is -0.790. The number of carbonyl (C=O) groups excluding carboxylic acids is 1. The van der Waals surface area contributed by atoms with Gasteiger partial charge in [0, 0.05) is 5.57 Å². The fourth-order valence-corrected chi connectivity index (χ4v) is 1.78. The van der Waals surface area contributed by atoms with Gasteiger partial charge in [0.05, 0.1) is 6.61 Å². The molecule has 0 saturated heterocycles. The van der Waals surface area contributed by atoms with E-state index in [1.807, 2.05) is 0 Å². The maximum atomic E-state index is 11.1. The molecule has 94 valence electrons. The van der Waals surface area contributed by atoms with E-state index in [0.717, 1.165) is 18.8 Å². The van der Waals surface area contributed by atoms with E-state index >= 15 is 0 Å². The predicted octanol–water partition coefficient (Wildman–Crippen LogP) is 4.10. The third kappa shape index (κ3) is 7.49. The van der Waals surface area contributed by atoms with Gasteiger partial charge in [-0.25, -0.2) is 4.79 Å². The highest BCUT2D eigenvalue weighted by Crippen LogP contribution is 2.18. The van der Waals surface area contributed by atoms with Crippen molar-refractivity contribution in [2.45, 2.75) is 59.3 Å². The molecular formula is C14H26O2. The first-order chi connectivity index (χ1) is 7.61. The van der Waals surface area contributed by atoms with Gasteiger partial charge >= 0.3 is 5.97 Å². The molecule has 0 aliphatic carbocycles. The molecule has 0 bridgehead atoms. The van der Waals surface area contributed by atoms with Gasteiger partial charge in [0.2, 0.25) is 0 Å². The fourth-order valence-electron chi connectivity index (χ4n) is 1.78. The van der Waals surface area contributed by atoms with Gasteiger partial charge in [-0.1, -0.05) is 46.1 Å². The van der Waals surface area contributed by atoms with Crippen LogP contribution in [-0.4, -0.2) is 12.6 Å². The van der Waals surface area contributed by atoms with E-state index in [-0.39, 0.29) is 5.97 Å². The largest absolute Gasteiger partial charge is 0.462 e. The highest BCUT2D eigenvalue weighted by atomic mass is 16.5. The van der Waals surface area contributed by atoms with Gasteiger partial charge in [-0.2, -0.15) is 0 Å². The monoisotopic (exact) mass is 226 g/mol. The van der Waals surface area contributed by atoms with Crippen LogP contribution in [0.4, 0.5) is 0 Å². The van der Waals surface area contributed by atoms with E-state index in [9.17, 15) is 4.79 Å². The SMILES string of the molecule is C=C(C)C(=O)OCCCCC(CC)CCC. The van der Waals surface area contributed by atoms with Crippen LogP contribution >= 0.6 is 0 Å². The molecule has 2 heteroatoms. The minimum atomic E-state index is -0.263. The molecule has 0 N–H and O–H groups in total. The molecule has 0 fully saturated rings. The average molecular weight is 226 g/mol.